The van der Waals surface area contributed by atoms with Crippen molar-refractivity contribution in [3.8, 4) is 0 Å². The maximum absolute atomic E-state index is 12.8. The van der Waals surface area contributed by atoms with Crippen molar-refractivity contribution >= 4 is 26.7 Å². The number of fused-ring (bicyclic) bond motifs is 1. The van der Waals surface area contributed by atoms with E-state index in [1.54, 1.807) is 28.9 Å². The topological polar surface area (TPSA) is 89.7 Å². The second-order valence-electron chi connectivity index (χ2n) is 7.01. The summed E-state index contributed by atoms with van der Waals surface area (Å²) in [4.78, 5) is 6.93. The number of sulfone groups is 1. The van der Waals surface area contributed by atoms with E-state index in [2.05, 4.69) is 20.2 Å². The molecule has 0 bridgehead atoms. The fourth-order valence-electron chi connectivity index (χ4n) is 3.18. The molecule has 1 saturated heterocycles. The second-order valence-corrected chi connectivity index (χ2v) is 8.97. The highest BCUT2D eigenvalue weighted by Crippen LogP contribution is 2.14. The quantitative estimate of drug-likeness (QED) is 0.468. The molecule has 9 heteroatoms. The van der Waals surface area contributed by atoms with Crippen LogP contribution in [0.3, 0.4) is 0 Å². The summed E-state index contributed by atoms with van der Waals surface area (Å²) in [5, 5.41) is 8.41. The molecule has 0 atom stereocenters. The van der Waals surface area contributed by atoms with Crippen LogP contribution in [0.4, 0.5) is 0 Å². The maximum atomic E-state index is 12.8. The number of nitrogens with zero attached hydrogens (tertiary/aromatic N) is 5. The molecule has 0 amide bonds. The molecule has 0 spiro atoms. The number of aryl methyl sites for hydroxylation is 1. The van der Waals surface area contributed by atoms with Gasteiger partial charge in [0.15, 0.2) is 9.84 Å². The van der Waals surface area contributed by atoms with Gasteiger partial charge >= 0.3 is 0 Å². The molecule has 0 radical (unpaired) electrons. The van der Waals surface area contributed by atoms with E-state index in [0.29, 0.717) is 25.6 Å². The SMILES string of the molecule is Cc1ccc(S(=O)(=O)C/N=C(/CN2CCOCC2)n2nnc3ccccc32)cc1. The van der Waals surface area contributed by atoms with E-state index < -0.39 is 9.84 Å². The zero-order valence-electron chi connectivity index (χ0n) is 16.2. The van der Waals surface area contributed by atoms with Crippen molar-refractivity contribution in [1.82, 2.24) is 19.9 Å². The highest BCUT2D eigenvalue weighted by atomic mass is 32.2. The molecule has 1 aliphatic rings. The Morgan fingerprint density at radius 3 is 2.59 bits per heavy atom. The Morgan fingerprint density at radius 2 is 1.83 bits per heavy atom. The summed E-state index contributed by atoms with van der Waals surface area (Å²) < 4.78 is 32.6. The predicted octanol–water partition coefficient (Wildman–Crippen LogP) is 1.75. The minimum Gasteiger partial charge on any atom is -0.379 e. The van der Waals surface area contributed by atoms with Gasteiger partial charge in [-0.3, -0.25) is 9.89 Å². The summed E-state index contributed by atoms with van der Waals surface area (Å²) in [5.41, 5.74) is 2.55. The van der Waals surface area contributed by atoms with Crippen molar-refractivity contribution in [3.05, 3.63) is 54.1 Å². The lowest BCUT2D eigenvalue weighted by Crippen LogP contribution is -2.41. The van der Waals surface area contributed by atoms with Crippen LogP contribution < -0.4 is 0 Å². The summed E-state index contributed by atoms with van der Waals surface area (Å²) in [5.74, 6) is 0.209. The monoisotopic (exact) mass is 413 g/mol. The lowest BCUT2D eigenvalue weighted by molar-refractivity contribution is 0.0449. The van der Waals surface area contributed by atoms with Gasteiger partial charge in [-0.1, -0.05) is 35.0 Å². The van der Waals surface area contributed by atoms with Crippen LogP contribution in [0.25, 0.3) is 11.0 Å². The zero-order valence-corrected chi connectivity index (χ0v) is 17.0. The first-order valence-corrected chi connectivity index (χ1v) is 11.1. The van der Waals surface area contributed by atoms with E-state index in [0.717, 1.165) is 29.7 Å². The normalized spacial score (nSPS) is 16.4. The first-order valence-electron chi connectivity index (χ1n) is 9.47. The van der Waals surface area contributed by atoms with Gasteiger partial charge in [0.2, 0.25) is 0 Å². The summed E-state index contributed by atoms with van der Waals surface area (Å²) in [6.07, 6.45) is 0. The largest absolute Gasteiger partial charge is 0.379 e. The van der Waals surface area contributed by atoms with E-state index >= 15 is 0 Å². The Kier molecular flexibility index (Phi) is 5.70. The standard InChI is InChI=1S/C20H23N5O3S/c1-16-6-8-17(9-7-16)29(26,27)15-21-20(14-24-10-12-28-13-11-24)25-19-5-3-2-4-18(19)22-23-25/h2-9H,10-15H2,1H3/b21-20-. The molecule has 1 aliphatic heterocycles. The Morgan fingerprint density at radius 1 is 1.10 bits per heavy atom. The third-order valence-electron chi connectivity index (χ3n) is 4.86. The van der Waals surface area contributed by atoms with E-state index in [4.69, 9.17) is 4.74 Å². The van der Waals surface area contributed by atoms with Gasteiger partial charge in [0.1, 0.15) is 17.2 Å². The molecular weight excluding hydrogens is 390 g/mol. The molecule has 1 fully saturated rings. The van der Waals surface area contributed by atoms with Gasteiger partial charge in [-0.05, 0) is 31.2 Å². The highest BCUT2D eigenvalue weighted by molar-refractivity contribution is 7.91. The fraction of sp³-hybridized carbons (Fsp3) is 0.350. The fourth-order valence-corrected chi connectivity index (χ4v) is 4.20. The second kappa shape index (κ2) is 8.40. The Bertz CT molecular complexity index is 1120. The lowest BCUT2D eigenvalue weighted by atomic mass is 10.2. The third-order valence-corrected chi connectivity index (χ3v) is 6.32. The number of hydrogen-bond acceptors (Lipinski definition) is 7. The first-order chi connectivity index (χ1) is 14.0. The zero-order chi connectivity index (χ0) is 20.3. The average molecular weight is 414 g/mol. The van der Waals surface area contributed by atoms with Crippen LogP contribution >= 0.6 is 0 Å². The molecule has 0 unspecified atom stereocenters. The number of aliphatic imine (C=N–C) groups is 1. The molecule has 2 aromatic carbocycles. The molecule has 2 heterocycles. The lowest BCUT2D eigenvalue weighted by Gasteiger charge is -2.26. The summed E-state index contributed by atoms with van der Waals surface area (Å²) in [6.45, 7) is 5.21. The molecule has 0 aliphatic carbocycles. The number of benzene rings is 2. The predicted molar refractivity (Wildman–Crippen MR) is 111 cm³/mol. The van der Waals surface area contributed by atoms with Crippen LogP contribution in [0.1, 0.15) is 5.56 Å². The molecular formula is C20H23N5O3S. The number of rotatable bonds is 5. The van der Waals surface area contributed by atoms with Crippen LogP contribution in [0.15, 0.2) is 58.4 Å². The van der Waals surface area contributed by atoms with Crippen molar-refractivity contribution in [3.63, 3.8) is 0 Å². The minimum absolute atomic E-state index is 0.265. The molecule has 3 aromatic rings. The van der Waals surface area contributed by atoms with Crippen molar-refractivity contribution < 1.29 is 13.2 Å². The van der Waals surface area contributed by atoms with Crippen LogP contribution in [-0.2, 0) is 14.6 Å². The van der Waals surface area contributed by atoms with Crippen LogP contribution in [-0.4, -0.2) is 72.9 Å². The van der Waals surface area contributed by atoms with Gasteiger partial charge in [0.25, 0.3) is 0 Å². The number of morpholine rings is 1. The van der Waals surface area contributed by atoms with Gasteiger partial charge in [-0.15, -0.1) is 5.10 Å². The Balaban J connectivity index is 1.66. The van der Waals surface area contributed by atoms with E-state index in [-0.39, 0.29) is 10.8 Å². The van der Waals surface area contributed by atoms with Crippen molar-refractivity contribution in [2.24, 2.45) is 4.99 Å². The Labute approximate surface area is 169 Å². The summed E-state index contributed by atoms with van der Waals surface area (Å²) >= 11 is 0. The van der Waals surface area contributed by atoms with Gasteiger partial charge in [0, 0.05) is 13.1 Å². The number of hydrogen-bond donors (Lipinski definition) is 0. The van der Waals surface area contributed by atoms with E-state index in [1.807, 2.05) is 31.2 Å². The molecule has 0 saturated carbocycles. The first kappa shape index (κ1) is 19.7. The molecule has 29 heavy (non-hydrogen) atoms. The van der Waals surface area contributed by atoms with Crippen molar-refractivity contribution in [2.45, 2.75) is 11.8 Å². The summed E-state index contributed by atoms with van der Waals surface area (Å²) in [6, 6.07) is 14.4. The van der Waals surface area contributed by atoms with Crippen molar-refractivity contribution in [2.75, 3.05) is 38.7 Å². The molecule has 152 valence electrons. The van der Waals surface area contributed by atoms with Gasteiger partial charge in [-0.25, -0.2) is 8.42 Å². The highest BCUT2D eigenvalue weighted by Gasteiger charge is 2.19. The number of aromatic nitrogens is 3. The van der Waals surface area contributed by atoms with Crippen LogP contribution in [0, 0.1) is 6.92 Å². The van der Waals surface area contributed by atoms with Crippen LogP contribution in [0.2, 0.25) is 0 Å². The molecule has 1 aromatic heterocycles. The number of ether oxygens (including phenoxy) is 1. The summed E-state index contributed by atoms with van der Waals surface area (Å²) in [7, 11) is -3.55. The van der Waals surface area contributed by atoms with Gasteiger partial charge < -0.3 is 4.74 Å². The van der Waals surface area contributed by atoms with Gasteiger partial charge in [-0.2, -0.15) is 4.68 Å². The molecule has 4 rings (SSSR count). The minimum atomic E-state index is -3.55. The van der Waals surface area contributed by atoms with Gasteiger partial charge in [0.05, 0.1) is 30.2 Å². The Hall–Kier alpha value is -2.62. The van der Waals surface area contributed by atoms with Crippen molar-refractivity contribution in [1.29, 1.82) is 0 Å². The molecule has 0 N–H and O–H groups in total. The van der Waals surface area contributed by atoms with E-state index in [1.165, 1.54) is 0 Å². The number of para-hydroxylation sites is 1. The maximum Gasteiger partial charge on any atom is 0.198 e. The molecule has 8 nitrogen and oxygen atoms in total. The third kappa shape index (κ3) is 4.52. The average Bonchev–Trinajstić information content (AvgIpc) is 3.16. The smallest absolute Gasteiger partial charge is 0.198 e. The van der Waals surface area contributed by atoms with Crippen LogP contribution in [0.5, 0.6) is 0 Å². The van der Waals surface area contributed by atoms with E-state index in [9.17, 15) is 8.42 Å².